The number of carbonyl (C=O) groups excluding carboxylic acids is 1. The van der Waals surface area contributed by atoms with E-state index in [9.17, 15) is 9.59 Å². The Balaban J connectivity index is 2.25. The first-order valence-electron chi connectivity index (χ1n) is 5.26. The summed E-state index contributed by atoms with van der Waals surface area (Å²) >= 11 is 0. The third-order valence-electron chi connectivity index (χ3n) is 2.38. The molecule has 0 radical (unpaired) electrons. The van der Waals surface area contributed by atoms with E-state index >= 15 is 0 Å². The molecule has 2 aromatic rings. The third kappa shape index (κ3) is 2.55. The van der Waals surface area contributed by atoms with Gasteiger partial charge in [-0.25, -0.2) is 4.79 Å². The summed E-state index contributed by atoms with van der Waals surface area (Å²) in [7, 11) is 0. The van der Waals surface area contributed by atoms with Crippen molar-refractivity contribution in [3.05, 3.63) is 53.8 Å². The maximum Gasteiger partial charge on any atom is 0.371 e. The smallest absolute Gasteiger partial charge is 0.371 e. The Labute approximate surface area is 103 Å². The van der Waals surface area contributed by atoms with Crippen molar-refractivity contribution >= 4 is 18.3 Å². The number of hydrogen-bond acceptors (Lipinski definition) is 3. The largest absolute Gasteiger partial charge is 0.475 e. The van der Waals surface area contributed by atoms with Crippen LogP contribution < -0.4 is 0 Å². The second kappa shape index (κ2) is 5.14. The van der Waals surface area contributed by atoms with E-state index in [4.69, 9.17) is 9.52 Å². The Morgan fingerprint density at radius 3 is 2.39 bits per heavy atom. The van der Waals surface area contributed by atoms with Crippen LogP contribution in [0.2, 0.25) is 0 Å². The zero-order valence-electron chi connectivity index (χ0n) is 9.37. The van der Waals surface area contributed by atoms with Gasteiger partial charge in [0, 0.05) is 5.56 Å². The van der Waals surface area contributed by atoms with E-state index in [1.807, 2.05) is 12.1 Å². The van der Waals surface area contributed by atoms with Crippen LogP contribution in [0.3, 0.4) is 0 Å². The van der Waals surface area contributed by atoms with Gasteiger partial charge in [-0.15, -0.1) is 0 Å². The monoisotopic (exact) mass is 242 g/mol. The number of furan rings is 1. The van der Waals surface area contributed by atoms with Crippen molar-refractivity contribution in [2.75, 3.05) is 0 Å². The van der Waals surface area contributed by atoms with Crippen LogP contribution in [0, 0.1) is 0 Å². The molecule has 0 amide bonds. The van der Waals surface area contributed by atoms with Crippen LogP contribution in [-0.2, 0) is 4.79 Å². The molecule has 0 unspecified atom stereocenters. The van der Waals surface area contributed by atoms with E-state index in [0.29, 0.717) is 12.0 Å². The van der Waals surface area contributed by atoms with Crippen molar-refractivity contribution in [2.45, 2.75) is 0 Å². The number of benzene rings is 1. The van der Waals surface area contributed by atoms with Gasteiger partial charge in [-0.3, -0.25) is 4.79 Å². The van der Waals surface area contributed by atoms with Gasteiger partial charge in [0.2, 0.25) is 5.76 Å². The summed E-state index contributed by atoms with van der Waals surface area (Å²) in [6.07, 6.45) is 3.80. The summed E-state index contributed by atoms with van der Waals surface area (Å²) < 4.78 is 5.18. The van der Waals surface area contributed by atoms with E-state index in [2.05, 4.69) is 0 Å². The molecule has 0 aliphatic carbocycles. The molecule has 0 aliphatic heterocycles. The van der Waals surface area contributed by atoms with Crippen molar-refractivity contribution in [3.8, 4) is 11.3 Å². The average molecular weight is 242 g/mol. The minimum absolute atomic E-state index is 0.0880. The fourth-order valence-corrected chi connectivity index (χ4v) is 1.52. The maximum absolute atomic E-state index is 10.7. The summed E-state index contributed by atoms with van der Waals surface area (Å²) in [5, 5.41) is 8.75. The first-order chi connectivity index (χ1) is 8.70. The summed E-state index contributed by atoms with van der Waals surface area (Å²) in [6, 6.07) is 10.3. The molecular formula is C14H10O4. The summed E-state index contributed by atoms with van der Waals surface area (Å²) in [4.78, 5) is 20.9. The molecule has 0 bridgehead atoms. The van der Waals surface area contributed by atoms with Crippen LogP contribution in [0.4, 0.5) is 0 Å². The predicted molar refractivity (Wildman–Crippen MR) is 66.2 cm³/mol. The van der Waals surface area contributed by atoms with E-state index in [0.717, 1.165) is 11.1 Å². The van der Waals surface area contributed by atoms with Gasteiger partial charge in [0.05, 0.1) is 0 Å². The SMILES string of the molecule is O=CC=Cc1ccc(-c2ccc(C(=O)O)o2)cc1. The highest BCUT2D eigenvalue weighted by Crippen LogP contribution is 2.22. The molecule has 0 saturated carbocycles. The van der Waals surface area contributed by atoms with Gasteiger partial charge in [-0.2, -0.15) is 0 Å². The maximum atomic E-state index is 10.7. The summed E-state index contributed by atoms with van der Waals surface area (Å²) in [6.45, 7) is 0. The number of hydrogen-bond donors (Lipinski definition) is 1. The quantitative estimate of drug-likeness (QED) is 0.661. The van der Waals surface area contributed by atoms with E-state index in [-0.39, 0.29) is 5.76 Å². The van der Waals surface area contributed by atoms with Crippen LogP contribution in [0.5, 0.6) is 0 Å². The molecule has 4 nitrogen and oxygen atoms in total. The van der Waals surface area contributed by atoms with Crippen molar-refractivity contribution in [3.63, 3.8) is 0 Å². The Kier molecular flexibility index (Phi) is 3.38. The van der Waals surface area contributed by atoms with Crippen molar-refractivity contribution < 1.29 is 19.1 Å². The summed E-state index contributed by atoms with van der Waals surface area (Å²) in [5.74, 6) is -0.681. The van der Waals surface area contributed by atoms with Crippen molar-refractivity contribution in [2.24, 2.45) is 0 Å². The molecule has 0 saturated heterocycles. The van der Waals surface area contributed by atoms with Crippen LogP contribution in [0.1, 0.15) is 16.1 Å². The highest BCUT2D eigenvalue weighted by atomic mass is 16.4. The van der Waals surface area contributed by atoms with Crippen molar-refractivity contribution in [1.29, 1.82) is 0 Å². The van der Waals surface area contributed by atoms with Gasteiger partial charge in [-0.1, -0.05) is 30.3 Å². The van der Waals surface area contributed by atoms with Gasteiger partial charge in [-0.05, 0) is 23.8 Å². The Hall–Kier alpha value is -2.62. The predicted octanol–water partition coefficient (Wildman–Crippen LogP) is 2.86. The molecule has 1 N–H and O–H groups in total. The van der Waals surface area contributed by atoms with Gasteiger partial charge in [0.25, 0.3) is 0 Å². The standard InChI is InChI=1S/C14H10O4/c15-9-1-2-10-3-5-11(6-4-10)12-7-8-13(18-12)14(16)17/h1-9H,(H,16,17). The number of allylic oxidation sites excluding steroid dienone is 1. The first kappa shape index (κ1) is 11.9. The molecule has 4 heteroatoms. The number of aromatic carboxylic acids is 1. The van der Waals surface area contributed by atoms with Gasteiger partial charge in [0.1, 0.15) is 12.0 Å². The van der Waals surface area contributed by atoms with Crippen molar-refractivity contribution in [1.82, 2.24) is 0 Å². The minimum Gasteiger partial charge on any atom is -0.475 e. The fraction of sp³-hybridized carbons (Fsp3) is 0. The van der Waals surface area contributed by atoms with Crippen LogP contribution >= 0.6 is 0 Å². The molecule has 0 aliphatic rings. The number of rotatable bonds is 4. The molecule has 18 heavy (non-hydrogen) atoms. The normalized spacial score (nSPS) is 10.7. The van der Waals surface area contributed by atoms with E-state index < -0.39 is 5.97 Å². The molecule has 0 atom stereocenters. The van der Waals surface area contributed by atoms with Crippen LogP contribution in [-0.4, -0.2) is 17.4 Å². The van der Waals surface area contributed by atoms with Crippen LogP contribution in [0.15, 0.2) is 46.9 Å². The molecule has 0 fully saturated rings. The van der Waals surface area contributed by atoms with Gasteiger partial charge < -0.3 is 9.52 Å². The molecule has 2 rings (SSSR count). The zero-order valence-corrected chi connectivity index (χ0v) is 9.37. The Morgan fingerprint density at radius 2 is 1.83 bits per heavy atom. The molecule has 90 valence electrons. The molecule has 1 aromatic heterocycles. The second-order valence-electron chi connectivity index (χ2n) is 3.59. The Bertz CT molecular complexity index is 591. The summed E-state index contributed by atoms with van der Waals surface area (Å²) in [5.41, 5.74) is 1.67. The number of aldehydes is 1. The Morgan fingerprint density at radius 1 is 1.11 bits per heavy atom. The van der Waals surface area contributed by atoms with E-state index in [1.165, 1.54) is 12.1 Å². The molecular weight excluding hydrogens is 232 g/mol. The molecule has 1 aromatic carbocycles. The lowest BCUT2D eigenvalue weighted by atomic mass is 10.1. The van der Waals surface area contributed by atoms with Gasteiger partial charge in [0.15, 0.2) is 0 Å². The lowest BCUT2D eigenvalue weighted by Gasteiger charge is -1.97. The number of carboxylic acid groups (broad SMARTS) is 1. The number of carbonyl (C=O) groups is 2. The average Bonchev–Trinajstić information content (AvgIpc) is 2.87. The van der Waals surface area contributed by atoms with E-state index in [1.54, 1.807) is 24.3 Å². The van der Waals surface area contributed by atoms with Crippen LogP contribution in [0.25, 0.3) is 17.4 Å². The zero-order chi connectivity index (χ0) is 13.0. The lowest BCUT2D eigenvalue weighted by molar-refractivity contribution is -0.104. The highest BCUT2D eigenvalue weighted by Gasteiger charge is 2.09. The first-order valence-corrected chi connectivity index (χ1v) is 5.26. The fourth-order valence-electron chi connectivity index (χ4n) is 1.52. The van der Waals surface area contributed by atoms with Gasteiger partial charge >= 0.3 is 5.97 Å². The minimum atomic E-state index is -1.09. The third-order valence-corrected chi connectivity index (χ3v) is 2.38. The second-order valence-corrected chi connectivity index (χ2v) is 3.59. The molecule has 0 spiro atoms. The topological polar surface area (TPSA) is 67.5 Å². The highest BCUT2D eigenvalue weighted by molar-refractivity contribution is 5.85. The lowest BCUT2D eigenvalue weighted by Crippen LogP contribution is -1.91. The molecule has 1 heterocycles. The number of carboxylic acids is 1.